The molecule has 1 aliphatic rings. The predicted molar refractivity (Wildman–Crippen MR) is 77.2 cm³/mol. The van der Waals surface area contributed by atoms with Crippen LogP contribution >= 0.6 is 0 Å². The number of aliphatic hydroxyl groups is 1. The van der Waals surface area contributed by atoms with Gasteiger partial charge < -0.3 is 14.7 Å². The van der Waals surface area contributed by atoms with E-state index in [1.165, 1.54) is 18.4 Å². The number of hydrogen-bond donors (Lipinski definition) is 1. The van der Waals surface area contributed by atoms with E-state index in [-0.39, 0.29) is 6.10 Å². The molecule has 3 heteroatoms. The second kappa shape index (κ2) is 7.04. The minimum atomic E-state index is -0.375. The number of benzene rings is 1. The van der Waals surface area contributed by atoms with Gasteiger partial charge in [-0.25, -0.2) is 0 Å². The molecule has 1 aromatic rings. The van der Waals surface area contributed by atoms with E-state index < -0.39 is 0 Å². The van der Waals surface area contributed by atoms with Gasteiger partial charge in [0.2, 0.25) is 0 Å². The number of nitrogens with zero attached hydrogens (tertiary/aromatic N) is 1. The van der Waals surface area contributed by atoms with Crippen molar-refractivity contribution in [1.29, 1.82) is 0 Å². The summed E-state index contributed by atoms with van der Waals surface area (Å²) in [6.45, 7) is 5.80. The van der Waals surface area contributed by atoms with E-state index in [2.05, 4.69) is 17.9 Å². The van der Waals surface area contributed by atoms with Gasteiger partial charge in [-0.1, -0.05) is 24.3 Å². The maximum atomic E-state index is 10.4. The Balaban J connectivity index is 1.84. The third-order valence-electron chi connectivity index (χ3n) is 4.09. The SMILES string of the molecule is COCC1CCN(CC(O)c2ccccc2C)CC1. The van der Waals surface area contributed by atoms with E-state index in [1.54, 1.807) is 7.11 Å². The molecule has 1 fully saturated rings. The lowest BCUT2D eigenvalue weighted by Crippen LogP contribution is -2.37. The molecule has 1 aromatic carbocycles. The van der Waals surface area contributed by atoms with Gasteiger partial charge in [-0.05, 0) is 49.9 Å². The number of aryl methyl sites for hydroxylation is 1. The van der Waals surface area contributed by atoms with Gasteiger partial charge in [0.15, 0.2) is 0 Å². The van der Waals surface area contributed by atoms with Gasteiger partial charge in [0, 0.05) is 20.3 Å². The normalized spacial score (nSPS) is 19.5. The molecule has 1 saturated heterocycles. The van der Waals surface area contributed by atoms with Crippen LogP contribution in [0, 0.1) is 12.8 Å². The topological polar surface area (TPSA) is 32.7 Å². The van der Waals surface area contributed by atoms with E-state index in [9.17, 15) is 5.11 Å². The van der Waals surface area contributed by atoms with Gasteiger partial charge in [-0.15, -0.1) is 0 Å². The fourth-order valence-corrected chi connectivity index (χ4v) is 2.87. The zero-order valence-corrected chi connectivity index (χ0v) is 12.0. The van der Waals surface area contributed by atoms with Crippen molar-refractivity contribution in [1.82, 2.24) is 4.90 Å². The number of likely N-dealkylation sites (tertiary alicyclic amines) is 1. The van der Waals surface area contributed by atoms with Crippen LogP contribution in [-0.4, -0.2) is 43.4 Å². The minimum absolute atomic E-state index is 0.375. The summed E-state index contributed by atoms with van der Waals surface area (Å²) >= 11 is 0. The van der Waals surface area contributed by atoms with Crippen LogP contribution in [0.5, 0.6) is 0 Å². The predicted octanol–water partition coefficient (Wildman–Crippen LogP) is 2.39. The third kappa shape index (κ3) is 4.03. The fraction of sp³-hybridized carbons (Fsp3) is 0.625. The van der Waals surface area contributed by atoms with E-state index >= 15 is 0 Å². The molecule has 1 heterocycles. The molecular formula is C16H25NO2. The molecule has 1 N–H and O–H groups in total. The molecule has 0 radical (unpaired) electrons. The largest absolute Gasteiger partial charge is 0.387 e. The number of rotatable bonds is 5. The van der Waals surface area contributed by atoms with Crippen molar-refractivity contribution >= 4 is 0 Å². The molecule has 1 atom stereocenters. The van der Waals surface area contributed by atoms with Gasteiger partial charge in [-0.2, -0.15) is 0 Å². The van der Waals surface area contributed by atoms with Gasteiger partial charge in [0.25, 0.3) is 0 Å². The highest BCUT2D eigenvalue weighted by Crippen LogP contribution is 2.22. The molecule has 0 saturated carbocycles. The highest BCUT2D eigenvalue weighted by Gasteiger charge is 2.21. The monoisotopic (exact) mass is 263 g/mol. The van der Waals surface area contributed by atoms with Gasteiger partial charge in [-0.3, -0.25) is 0 Å². The maximum Gasteiger partial charge on any atom is 0.0919 e. The molecule has 2 rings (SSSR count). The number of aliphatic hydroxyl groups excluding tert-OH is 1. The summed E-state index contributed by atoms with van der Waals surface area (Å²) in [5.74, 6) is 0.692. The summed E-state index contributed by atoms with van der Waals surface area (Å²) in [7, 11) is 1.77. The van der Waals surface area contributed by atoms with E-state index in [0.717, 1.165) is 31.8 Å². The number of ether oxygens (including phenoxy) is 1. The molecule has 0 spiro atoms. The Bertz CT molecular complexity index is 386. The van der Waals surface area contributed by atoms with Crippen LogP contribution in [0.4, 0.5) is 0 Å². The first kappa shape index (κ1) is 14.5. The smallest absolute Gasteiger partial charge is 0.0919 e. The molecule has 3 nitrogen and oxygen atoms in total. The van der Waals surface area contributed by atoms with Crippen LogP contribution in [0.25, 0.3) is 0 Å². The standard InChI is InChI=1S/C16H25NO2/c1-13-5-3-4-6-15(13)16(18)11-17-9-7-14(8-10-17)12-19-2/h3-6,14,16,18H,7-12H2,1-2H3. The molecule has 1 unspecified atom stereocenters. The first-order valence-corrected chi connectivity index (χ1v) is 7.15. The summed E-state index contributed by atoms with van der Waals surface area (Å²) in [5.41, 5.74) is 2.23. The van der Waals surface area contributed by atoms with Crippen LogP contribution in [0.1, 0.15) is 30.1 Å². The van der Waals surface area contributed by atoms with Crippen LogP contribution in [0.3, 0.4) is 0 Å². The highest BCUT2D eigenvalue weighted by atomic mass is 16.5. The maximum absolute atomic E-state index is 10.4. The van der Waals surface area contributed by atoms with Crippen LogP contribution in [-0.2, 0) is 4.74 Å². The van der Waals surface area contributed by atoms with Crippen molar-refractivity contribution in [3.05, 3.63) is 35.4 Å². The molecule has 106 valence electrons. The molecule has 1 aliphatic heterocycles. The van der Waals surface area contributed by atoms with Crippen molar-refractivity contribution < 1.29 is 9.84 Å². The van der Waals surface area contributed by atoms with Crippen molar-refractivity contribution in [3.8, 4) is 0 Å². The summed E-state index contributed by atoms with van der Waals surface area (Å²) in [6.07, 6.45) is 1.98. The van der Waals surface area contributed by atoms with Crippen LogP contribution < -0.4 is 0 Å². The lowest BCUT2D eigenvalue weighted by atomic mass is 9.96. The Morgan fingerprint density at radius 2 is 2.00 bits per heavy atom. The van der Waals surface area contributed by atoms with Crippen LogP contribution in [0.15, 0.2) is 24.3 Å². The summed E-state index contributed by atoms with van der Waals surface area (Å²) in [6, 6.07) is 8.10. The summed E-state index contributed by atoms with van der Waals surface area (Å²) < 4.78 is 5.21. The minimum Gasteiger partial charge on any atom is -0.387 e. The number of hydrogen-bond acceptors (Lipinski definition) is 3. The van der Waals surface area contributed by atoms with E-state index in [4.69, 9.17) is 4.74 Å². The number of β-amino-alcohol motifs (C(OH)–C–C–N with tert-alkyl or cyclic N) is 1. The average molecular weight is 263 g/mol. The summed E-state index contributed by atoms with van der Waals surface area (Å²) in [5, 5.41) is 10.4. The van der Waals surface area contributed by atoms with Crippen LogP contribution in [0.2, 0.25) is 0 Å². The molecule has 19 heavy (non-hydrogen) atoms. The zero-order chi connectivity index (χ0) is 13.7. The molecule has 0 bridgehead atoms. The Morgan fingerprint density at radius 1 is 1.32 bits per heavy atom. The van der Waals surface area contributed by atoms with Crippen molar-refractivity contribution in [2.24, 2.45) is 5.92 Å². The first-order valence-electron chi connectivity index (χ1n) is 7.15. The molecular weight excluding hydrogens is 238 g/mol. The van der Waals surface area contributed by atoms with Crippen molar-refractivity contribution in [2.75, 3.05) is 33.4 Å². The fourth-order valence-electron chi connectivity index (χ4n) is 2.87. The quantitative estimate of drug-likeness (QED) is 0.885. The number of methoxy groups -OCH3 is 1. The first-order chi connectivity index (χ1) is 9.20. The average Bonchev–Trinajstić information content (AvgIpc) is 2.42. The van der Waals surface area contributed by atoms with E-state index in [0.29, 0.717) is 5.92 Å². The van der Waals surface area contributed by atoms with Gasteiger partial charge >= 0.3 is 0 Å². The third-order valence-corrected chi connectivity index (χ3v) is 4.09. The Labute approximate surface area is 116 Å². The Hall–Kier alpha value is -0.900. The second-order valence-corrected chi connectivity index (χ2v) is 5.57. The number of piperidine rings is 1. The highest BCUT2D eigenvalue weighted by molar-refractivity contribution is 5.27. The lowest BCUT2D eigenvalue weighted by molar-refractivity contribution is 0.0655. The second-order valence-electron chi connectivity index (χ2n) is 5.57. The van der Waals surface area contributed by atoms with Crippen molar-refractivity contribution in [3.63, 3.8) is 0 Å². The Kier molecular flexibility index (Phi) is 5.37. The van der Waals surface area contributed by atoms with E-state index in [1.807, 2.05) is 18.2 Å². The van der Waals surface area contributed by atoms with Crippen molar-refractivity contribution in [2.45, 2.75) is 25.9 Å². The Morgan fingerprint density at radius 3 is 2.63 bits per heavy atom. The van der Waals surface area contributed by atoms with Gasteiger partial charge in [0.05, 0.1) is 6.10 Å². The molecule has 0 amide bonds. The zero-order valence-electron chi connectivity index (χ0n) is 12.0. The molecule has 0 aliphatic carbocycles. The van der Waals surface area contributed by atoms with Gasteiger partial charge in [0.1, 0.15) is 0 Å². The lowest BCUT2D eigenvalue weighted by Gasteiger charge is -2.33. The summed E-state index contributed by atoms with van der Waals surface area (Å²) in [4.78, 5) is 2.36. The molecule has 0 aromatic heterocycles.